The molecule has 4 heteroatoms. The number of piperidine rings is 1. The molecule has 0 saturated carbocycles. The summed E-state index contributed by atoms with van der Waals surface area (Å²) < 4.78 is 11.2. The van der Waals surface area contributed by atoms with Gasteiger partial charge in [-0.1, -0.05) is 25.1 Å². The SMILES string of the molecule is CC1C(OC(=O)c2ccccc2)CCN(Cc2ccco2)[C@@H]1C. The molecule has 0 spiro atoms. The summed E-state index contributed by atoms with van der Waals surface area (Å²) in [7, 11) is 0. The Hall–Kier alpha value is -2.07. The maximum atomic E-state index is 12.3. The fourth-order valence-electron chi connectivity index (χ4n) is 3.17. The summed E-state index contributed by atoms with van der Waals surface area (Å²) in [6.07, 6.45) is 2.52. The Kier molecular flexibility index (Phi) is 4.82. The van der Waals surface area contributed by atoms with Crippen LogP contribution >= 0.6 is 0 Å². The monoisotopic (exact) mass is 313 g/mol. The Labute approximate surface area is 137 Å². The number of rotatable bonds is 4. The number of hydrogen-bond acceptors (Lipinski definition) is 4. The average Bonchev–Trinajstić information content (AvgIpc) is 3.08. The molecule has 1 aliphatic heterocycles. The lowest BCUT2D eigenvalue weighted by Gasteiger charge is -2.41. The maximum Gasteiger partial charge on any atom is 0.338 e. The summed E-state index contributed by atoms with van der Waals surface area (Å²) in [4.78, 5) is 14.6. The molecular weight excluding hydrogens is 290 g/mol. The number of nitrogens with zero attached hydrogens (tertiary/aromatic N) is 1. The minimum atomic E-state index is -0.228. The van der Waals surface area contributed by atoms with E-state index in [4.69, 9.17) is 9.15 Å². The third-order valence-electron chi connectivity index (χ3n) is 4.83. The van der Waals surface area contributed by atoms with Crippen molar-refractivity contribution in [1.29, 1.82) is 0 Å². The zero-order valence-corrected chi connectivity index (χ0v) is 13.6. The standard InChI is InChI=1S/C19H23NO3/c1-14-15(2)20(13-17-9-6-12-22-17)11-10-18(14)23-19(21)16-7-4-3-5-8-16/h3-9,12,14-15,18H,10-11,13H2,1-2H3/t14?,15-,18?/m1/s1. The third-order valence-corrected chi connectivity index (χ3v) is 4.83. The van der Waals surface area contributed by atoms with Gasteiger partial charge in [-0.2, -0.15) is 0 Å². The zero-order valence-electron chi connectivity index (χ0n) is 13.6. The van der Waals surface area contributed by atoms with Crippen LogP contribution in [-0.2, 0) is 11.3 Å². The minimum absolute atomic E-state index is 0.0365. The molecule has 1 fully saturated rings. The second-order valence-electron chi connectivity index (χ2n) is 6.25. The van der Waals surface area contributed by atoms with Crippen LogP contribution in [0.3, 0.4) is 0 Å². The van der Waals surface area contributed by atoms with E-state index in [9.17, 15) is 4.79 Å². The molecule has 0 amide bonds. The lowest BCUT2D eigenvalue weighted by molar-refractivity contribution is -0.0335. The second kappa shape index (κ2) is 7.01. The quantitative estimate of drug-likeness (QED) is 0.807. The molecule has 3 atom stereocenters. The molecular formula is C19H23NO3. The van der Waals surface area contributed by atoms with E-state index in [0.717, 1.165) is 25.3 Å². The number of furan rings is 1. The van der Waals surface area contributed by atoms with E-state index >= 15 is 0 Å². The van der Waals surface area contributed by atoms with Gasteiger partial charge in [0.15, 0.2) is 0 Å². The number of ether oxygens (including phenoxy) is 1. The van der Waals surface area contributed by atoms with Gasteiger partial charge in [0, 0.05) is 18.5 Å². The third kappa shape index (κ3) is 3.64. The first kappa shape index (κ1) is 15.8. The Balaban J connectivity index is 1.60. The minimum Gasteiger partial charge on any atom is -0.468 e. The Morgan fingerprint density at radius 2 is 2.00 bits per heavy atom. The molecule has 0 bridgehead atoms. The van der Waals surface area contributed by atoms with E-state index in [0.29, 0.717) is 11.6 Å². The molecule has 122 valence electrons. The van der Waals surface area contributed by atoms with Gasteiger partial charge in [0.2, 0.25) is 0 Å². The lowest BCUT2D eigenvalue weighted by atomic mass is 9.89. The number of benzene rings is 1. The molecule has 1 aliphatic rings. The first-order chi connectivity index (χ1) is 11.1. The van der Waals surface area contributed by atoms with Crippen LogP contribution in [0.2, 0.25) is 0 Å². The highest BCUT2D eigenvalue weighted by atomic mass is 16.5. The average molecular weight is 313 g/mol. The van der Waals surface area contributed by atoms with Crippen molar-refractivity contribution in [3.63, 3.8) is 0 Å². The van der Waals surface area contributed by atoms with E-state index in [1.165, 1.54) is 0 Å². The Morgan fingerprint density at radius 1 is 1.22 bits per heavy atom. The van der Waals surface area contributed by atoms with Gasteiger partial charge < -0.3 is 9.15 Å². The Morgan fingerprint density at radius 3 is 2.70 bits per heavy atom. The van der Waals surface area contributed by atoms with Crippen LogP contribution in [0.4, 0.5) is 0 Å². The van der Waals surface area contributed by atoms with Crippen molar-refractivity contribution in [1.82, 2.24) is 4.90 Å². The fraction of sp³-hybridized carbons (Fsp3) is 0.421. The number of carbonyl (C=O) groups is 1. The summed E-state index contributed by atoms with van der Waals surface area (Å²) in [6.45, 7) is 6.05. The second-order valence-corrected chi connectivity index (χ2v) is 6.25. The molecule has 4 nitrogen and oxygen atoms in total. The maximum absolute atomic E-state index is 12.3. The van der Waals surface area contributed by atoms with Crippen molar-refractivity contribution in [2.24, 2.45) is 5.92 Å². The highest BCUT2D eigenvalue weighted by Gasteiger charge is 2.35. The summed E-state index contributed by atoms with van der Waals surface area (Å²) >= 11 is 0. The van der Waals surface area contributed by atoms with Crippen LogP contribution in [-0.4, -0.2) is 29.6 Å². The van der Waals surface area contributed by atoms with Crippen LogP contribution in [0, 0.1) is 5.92 Å². The molecule has 3 rings (SSSR count). The van der Waals surface area contributed by atoms with E-state index in [1.54, 1.807) is 18.4 Å². The van der Waals surface area contributed by atoms with Crippen molar-refractivity contribution in [2.45, 2.75) is 39.0 Å². The number of carbonyl (C=O) groups excluding carboxylic acids is 1. The van der Waals surface area contributed by atoms with Gasteiger partial charge in [-0.3, -0.25) is 4.90 Å². The summed E-state index contributed by atoms with van der Waals surface area (Å²) in [5.74, 6) is 1.03. The van der Waals surface area contributed by atoms with E-state index < -0.39 is 0 Å². The smallest absolute Gasteiger partial charge is 0.338 e. The zero-order chi connectivity index (χ0) is 16.2. The molecule has 2 unspecified atom stereocenters. The van der Waals surface area contributed by atoms with Crippen molar-refractivity contribution >= 4 is 5.97 Å². The van der Waals surface area contributed by atoms with Gasteiger partial charge in [0.05, 0.1) is 18.4 Å². The number of hydrogen-bond donors (Lipinski definition) is 0. The van der Waals surface area contributed by atoms with Crippen LogP contribution in [0.5, 0.6) is 0 Å². The molecule has 1 saturated heterocycles. The first-order valence-electron chi connectivity index (χ1n) is 8.17. The Bertz CT molecular complexity index is 623. The lowest BCUT2D eigenvalue weighted by Crippen LogP contribution is -2.49. The predicted octanol–water partition coefficient (Wildman–Crippen LogP) is 3.74. The van der Waals surface area contributed by atoms with Gasteiger partial charge in [0.25, 0.3) is 0 Å². The molecule has 0 radical (unpaired) electrons. The van der Waals surface area contributed by atoms with Crippen molar-refractivity contribution < 1.29 is 13.9 Å². The topological polar surface area (TPSA) is 42.7 Å². The fourth-order valence-corrected chi connectivity index (χ4v) is 3.17. The molecule has 0 aliphatic carbocycles. The van der Waals surface area contributed by atoms with Crippen LogP contribution in [0.25, 0.3) is 0 Å². The van der Waals surface area contributed by atoms with Gasteiger partial charge in [-0.05, 0) is 37.6 Å². The molecule has 1 aromatic heterocycles. The normalized spacial score (nSPS) is 25.2. The van der Waals surface area contributed by atoms with E-state index in [1.807, 2.05) is 30.3 Å². The largest absolute Gasteiger partial charge is 0.468 e. The van der Waals surface area contributed by atoms with Gasteiger partial charge in [-0.25, -0.2) is 4.79 Å². The predicted molar refractivity (Wildman–Crippen MR) is 88.0 cm³/mol. The van der Waals surface area contributed by atoms with Crippen molar-refractivity contribution in [3.05, 3.63) is 60.1 Å². The summed E-state index contributed by atoms with van der Waals surface area (Å²) in [5.41, 5.74) is 0.616. The molecule has 2 heterocycles. The summed E-state index contributed by atoms with van der Waals surface area (Å²) in [5, 5.41) is 0. The van der Waals surface area contributed by atoms with E-state index in [2.05, 4.69) is 18.7 Å². The number of likely N-dealkylation sites (tertiary alicyclic amines) is 1. The van der Waals surface area contributed by atoms with Gasteiger partial charge in [0.1, 0.15) is 11.9 Å². The number of esters is 1. The molecule has 23 heavy (non-hydrogen) atoms. The van der Waals surface area contributed by atoms with Crippen LogP contribution < -0.4 is 0 Å². The van der Waals surface area contributed by atoms with Crippen molar-refractivity contribution in [3.8, 4) is 0 Å². The molecule has 2 aromatic rings. The molecule has 1 aromatic carbocycles. The van der Waals surface area contributed by atoms with Gasteiger partial charge in [-0.15, -0.1) is 0 Å². The van der Waals surface area contributed by atoms with Crippen LogP contribution in [0.1, 0.15) is 36.4 Å². The van der Waals surface area contributed by atoms with Crippen molar-refractivity contribution in [2.75, 3.05) is 6.54 Å². The summed E-state index contributed by atoms with van der Waals surface area (Å²) in [6, 6.07) is 13.4. The van der Waals surface area contributed by atoms with Gasteiger partial charge >= 0.3 is 5.97 Å². The van der Waals surface area contributed by atoms with Crippen LogP contribution in [0.15, 0.2) is 53.1 Å². The van der Waals surface area contributed by atoms with E-state index in [-0.39, 0.29) is 18.0 Å². The highest BCUT2D eigenvalue weighted by molar-refractivity contribution is 5.89. The highest BCUT2D eigenvalue weighted by Crippen LogP contribution is 2.28. The molecule has 0 N–H and O–H groups in total. The first-order valence-corrected chi connectivity index (χ1v) is 8.17.